The monoisotopic (exact) mass is 378 g/mol. The summed E-state index contributed by atoms with van der Waals surface area (Å²) >= 11 is 0. The lowest BCUT2D eigenvalue weighted by Crippen LogP contribution is -2.35. The molecule has 7 heteroatoms. The molecule has 0 radical (unpaired) electrons. The number of nitrogens with one attached hydrogen (secondary N) is 2. The number of aromatic amines is 1. The first-order chi connectivity index (χ1) is 13.8. The van der Waals surface area contributed by atoms with Crippen LogP contribution in [0.25, 0.3) is 10.9 Å². The smallest absolute Gasteiger partial charge is 0.227 e. The number of piperidine rings is 1. The molecule has 2 N–H and O–H groups in total. The first-order valence-electron chi connectivity index (χ1n) is 10.3. The van der Waals surface area contributed by atoms with Crippen LogP contribution < -0.4 is 5.32 Å². The average molecular weight is 378 g/mol. The second-order valence-corrected chi connectivity index (χ2v) is 7.80. The zero-order valence-electron chi connectivity index (χ0n) is 16.0. The quantitative estimate of drug-likeness (QED) is 0.732. The van der Waals surface area contributed by atoms with Crippen LogP contribution in [-0.2, 0) is 24.2 Å². The Morgan fingerprint density at radius 2 is 2.07 bits per heavy atom. The number of carbonyl (C=O) groups is 1. The summed E-state index contributed by atoms with van der Waals surface area (Å²) in [5.74, 6) is 2.23. The number of rotatable bonds is 3. The Labute approximate surface area is 164 Å². The topological polar surface area (TPSA) is 78.8 Å². The molecule has 1 aromatic carbocycles. The van der Waals surface area contributed by atoms with E-state index in [9.17, 15) is 4.79 Å². The Kier molecular flexibility index (Phi) is 4.60. The van der Waals surface area contributed by atoms with Gasteiger partial charge < -0.3 is 19.8 Å². The molecule has 2 aromatic heterocycles. The van der Waals surface area contributed by atoms with E-state index >= 15 is 0 Å². The Bertz CT molecular complexity index is 984. The van der Waals surface area contributed by atoms with Crippen LogP contribution in [0.4, 0.5) is 0 Å². The fourth-order valence-electron chi connectivity index (χ4n) is 4.48. The highest BCUT2D eigenvalue weighted by Crippen LogP contribution is 2.24. The van der Waals surface area contributed by atoms with E-state index in [0.29, 0.717) is 25.6 Å². The average Bonchev–Trinajstić information content (AvgIpc) is 3.27. The van der Waals surface area contributed by atoms with Crippen LogP contribution in [0, 0.1) is 0 Å². The number of benzene rings is 1. The van der Waals surface area contributed by atoms with Crippen LogP contribution in [0.15, 0.2) is 30.5 Å². The van der Waals surface area contributed by atoms with Crippen LogP contribution in [0.2, 0.25) is 0 Å². The standard InChI is InChI=1S/C21H26N6O/c28-20(13-15-14-23-17-6-2-1-5-16(15)17)26-10-8-19-24-25-21(27(19)12-11-26)18-7-3-4-9-22-18/h1-2,5-6,14,18,22-23H,3-4,7-13H2. The molecule has 3 aromatic rings. The van der Waals surface area contributed by atoms with E-state index < -0.39 is 0 Å². The van der Waals surface area contributed by atoms with Gasteiger partial charge in [0.25, 0.3) is 0 Å². The summed E-state index contributed by atoms with van der Waals surface area (Å²) in [7, 11) is 0. The molecule has 0 saturated carbocycles. The number of para-hydroxylation sites is 1. The van der Waals surface area contributed by atoms with Crippen molar-refractivity contribution >= 4 is 16.8 Å². The maximum absolute atomic E-state index is 13.0. The van der Waals surface area contributed by atoms with Gasteiger partial charge in [0.2, 0.25) is 5.91 Å². The molecule has 4 heterocycles. The third-order valence-corrected chi connectivity index (χ3v) is 6.05. The predicted molar refractivity (Wildman–Crippen MR) is 107 cm³/mol. The minimum absolute atomic E-state index is 0.181. The fraction of sp³-hybridized carbons (Fsp3) is 0.476. The zero-order chi connectivity index (χ0) is 18.9. The minimum Gasteiger partial charge on any atom is -0.361 e. The van der Waals surface area contributed by atoms with Gasteiger partial charge in [-0.2, -0.15) is 0 Å². The lowest BCUT2D eigenvalue weighted by Gasteiger charge is -2.24. The van der Waals surface area contributed by atoms with Crippen LogP contribution in [0.3, 0.4) is 0 Å². The van der Waals surface area contributed by atoms with Gasteiger partial charge in [-0.25, -0.2) is 0 Å². The molecular weight excluding hydrogens is 352 g/mol. The van der Waals surface area contributed by atoms with Crippen molar-refractivity contribution in [3.8, 4) is 0 Å². The Morgan fingerprint density at radius 1 is 1.14 bits per heavy atom. The molecule has 1 fully saturated rings. The van der Waals surface area contributed by atoms with Crippen LogP contribution >= 0.6 is 0 Å². The molecule has 0 bridgehead atoms. The lowest BCUT2D eigenvalue weighted by atomic mass is 10.0. The van der Waals surface area contributed by atoms with Crippen molar-refractivity contribution in [2.75, 3.05) is 19.6 Å². The number of nitrogens with zero attached hydrogens (tertiary/aromatic N) is 4. The Hall–Kier alpha value is -2.67. The SMILES string of the molecule is O=C(Cc1c[nH]c2ccccc12)N1CCc2nnc(C3CCCCN3)n2CC1. The number of fused-ring (bicyclic) bond motifs is 2. The first-order valence-corrected chi connectivity index (χ1v) is 10.3. The molecule has 1 amide bonds. The third kappa shape index (κ3) is 3.20. The van der Waals surface area contributed by atoms with Gasteiger partial charge in [-0.15, -0.1) is 10.2 Å². The number of hydrogen-bond acceptors (Lipinski definition) is 4. The van der Waals surface area contributed by atoms with Crippen LogP contribution in [0.5, 0.6) is 0 Å². The molecule has 0 spiro atoms. The predicted octanol–water partition coefficient (Wildman–Crippen LogP) is 2.20. The second-order valence-electron chi connectivity index (χ2n) is 7.80. The normalized spacial score (nSPS) is 20.1. The molecule has 1 unspecified atom stereocenters. The summed E-state index contributed by atoms with van der Waals surface area (Å²) < 4.78 is 2.24. The van der Waals surface area contributed by atoms with Crippen molar-refractivity contribution < 1.29 is 4.79 Å². The van der Waals surface area contributed by atoms with Gasteiger partial charge in [0.15, 0.2) is 0 Å². The molecule has 1 saturated heterocycles. The van der Waals surface area contributed by atoms with E-state index in [1.165, 1.54) is 12.8 Å². The van der Waals surface area contributed by atoms with Gasteiger partial charge in [-0.3, -0.25) is 4.79 Å². The molecular formula is C21H26N6O. The molecule has 7 nitrogen and oxygen atoms in total. The zero-order valence-corrected chi connectivity index (χ0v) is 16.0. The molecule has 28 heavy (non-hydrogen) atoms. The lowest BCUT2D eigenvalue weighted by molar-refractivity contribution is -0.130. The van der Waals surface area contributed by atoms with E-state index in [1.54, 1.807) is 0 Å². The van der Waals surface area contributed by atoms with Crippen LogP contribution in [0.1, 0.15) is 42.5 Å². The van der Waals surface area contributed by atoms with Gasteiger partial charge in [0, 0.05) is 43.2 Å². The summed E-state index contributed by atoms with van der Waals surface area (Å²) in [5, 5.41) is 13.6. The molecule has 2 aliphatic heterocycles. The molecule has 146 valence electrons. The van der Waals surface area contributed by atoms with Gasteiger partial charge in [-0.1, -0.05) is 24.6 Å². The number of carbonyl (C=O) groups excluding carboxylic acids is 1. The summed E-state index contributed by atoms with van der Waals surface area (Å²) in [6.45, 7) is 3.24. The number of aromatic nitrogens is 4. The summed E-state index contributed by atoms with van der Waals surface area (Å²) in [4.78, 5) is 18.2. The van der Waals surface area contributed by atoms with E-state index in [1.807, 2.05) is 29.3 Å². The first kappa shape index (κ1) is 17.4. The fourth-order valence-corrected chi connectivity index (χ4v) is 4.48. The van der Waals surface area contributed by atoms with E-state index in [0.717, 1.165) is 54.0 Å². The van der Waals surface area contributed by atoms with Crippen molar-refractivity contribution in [1.82, 2.24) is 30.0 Å². The summed E-state index contributed by atoms with van der Waals surface area (Å²) in [5.41, 5.74) is 2.15. The highest BCUT2D eigenvalue weighted by Gasteiger charge is 2.26. The van der Waals surface area contributed by atoms with Crippen molar-refractivity contribution in [3.05, 3.63) is 47.7 Å². The molecule has 2 aliphatic rings. The Balaban J connectivity index is 1.29. The molecule has 1 atom stereocenters. The van der Waals surface area contributed by atoms with Crippen molar-refractivity contribution in [2.24, 2.45) is 0 Å². The van der Waals surface area contributed by atoms with Crippen molar-refractivity contribution in [1.29, 1.82) is 0 Å². The van der Waals surface area contributed by atoms with Gasteiger partial charge in [0.05, 0.1) is 12.5 Å². The third-order valence-electron chi connectivity index (χ3n) is 6.05. The highest BCUT2D eigenvalue weighted by atomic mass is 16.2. The van der Waals surface area contributed by atoms with Crippen molar-refractivity contribution in [3.63, 3.8) is 0 Å². The van der Waals surface area contributed by atoms with E-state index in [4.69, 9.17) is 0 Å². The van der Waals surface area contributed by atoms with E-state index in [2.05, 4.69) is 31.1 Å². The van der Waals surface area contributed by atoms with E-state index in [-0.39, 0.29) is 5.91 Å². The summed E-state index contributed by atoms with van der Waals surface area (Å²) in [6.07, 6.45) is 6.73. The second kappa shape index (κ2) is 7.39. The molecule has 0 aliphatic carbocycles. The largest absolute Gasteiger partial charge is 0.361 e. The molecule has 5 rings (SSSR count). The highest BCUT2D eigenvalue weighted by molar-refractivity contribution is 5.88. The van der Waals surface area contributed by atoms with Gasteiger partial charge in [0.1, 0.15) is 11.6 Å². The maximum atomic E-state index is 13.0. The number of H-pyrrole nitrogens is 1. The maximum Gasteiger partial charge on any atom is 0.227 e. The van der Waals surface area contributed by atoms with Gasteiger partial charge in [-0.05, 0) is 31.0 Å². The van der Waals surface area contributed by atoms with Crippen molar-refractivity contribution in [2.45, 2.75) is 44.7 Å². The Morgan fingerprint density at radius 3 is 2.96 bits per heavy atom. The number of amides is 1. The van der Waals surface area contributed by atoms with Crippen LogP contribution in [-0.4, -0.2) is 50.2 Å². The summed E-state index contributed by atoms with van der Waals surface area (Å²) in [6, 6.07) is 8.43. The number of hydrogen-bond donors (Lipinski definition) is 2. The minimum atomic E-state index is 0.181. The van der Waals surface area contributed by atoms with Gasteiger partial charge >= 0.3 is 0 Å².